The minimum atomic E-state index is -0.0949. The molecule has 1 aliphatic rings. The maximum Gasteiger partial charge on any atom is 0.165 e. The number of ether oxygens (including phenoxy) is 3. The molecular weight excluding hydrogens is 302 g/mol. The van der Waals surface area contributed by atoms with Crippen LogP contribution in [-0.4, -0.2) is 19.8 Å². The second-order valence-corrected chi connectivity index (χ2v) is 6.74. The Morgan fingerprint density at radius 1 is 1.08 bits per heavy atom. The Balaban J connectivity index is 1.64. The molecule has 1 N–H and O–H groups in total. The van der Waals surface area contributed by atoms with Gasteiger partial charge in [-0.25, -0.2) is 0 Å². The van der Waals surface area contributed by atoms with Crippen LogP contribution in [0.1, 0.15) is 30.5 Å². The van der Waals surface area contributed by atoms with Gasteiger partial charge >= 0.3 is 0 Å². The summed E-state index contributed by atoms with van der Waals surface area (Å²) in [5, 5.41) is 3.48. The average Bonchev–Trinajstić information content (AvgIpc) is 2.87. The lowest BCUT2D eigenvalue weighted by Gasteiger charge is -2.16. The molecule has 0 saturated heterocycles. The smallest absolute Gasteiger partial charge is 0.165 e. The third-order valence-electron chi connectivity index (χ3n) is 4.26. The average molecular weight is 327 g/mol. The van der Waals surface area contributed by atoms with E-state index in [1.165, 1.54) is 11.1 Å². The summed E-state index contributed by atoms with van der Waals surface area (Å²) in [4.78, 5) is 0. The van der Waals surface area contributed by atoms with E-state index in [2.05, 4.69) is 37.4 Å². The molecule has 0 radical (unpaired) electrons. The molecule has 2 aromatic carbocycles. The quantitative estimate of drug-likeness (QED) is 0.878. The van der Waals surface area contributed by atoms with E-state index in [9.17, 15) is 0 Å². The van der Waals surface area contributed by atoms with Crippen molar-refractivity contribution >= 4 is 0 Å². The second kappa shape index (κ2) is 6.73. The number of rotatable bonds is 6. The van der Waals surface area contributed by atoms with E-state index < -0.39 is 0 Å². The van der Waals surface area contributed by atoms with Gasteiger partial charge in [-0.05, 0) is 37.1 Å². The number of para-hydroxylation sites is 1. The molecule has 0 saturated carbocycles. The van der Waals surface area contributed by atoms with Crippen molar-refractivity contribution in [3.63, 3.8) is 0 Å². The molecule has 24 heavy (non-hydrogen) atoms. The first-order valence-corrected chi connectivity index (χ1v) is 8.24. The van der Waals surface area contributed by atoms with Crippen LogP contribution in [0.2, 0.25) is 0 Å². The van der Waals surface area contributed by atoms with Crippen LogP contribution in [0.5, 0.6) is 17.2 Å². The SMILES string of the molecule is COc1cccc(CNCc2ccc3c(c2)CC(C)(C)O3)c1OC. The molecule has 2 aromatic rings. The topological polar surface area (TPSA) is 39.7 Å². The van der Waals surface area contributed by atoms with Gasteiger partial charge in [-0.2, -0.15) is 0 Å². The van der Waals surface area contributed by atoms with E-state index in [0.29, 0.717) is 0 Å². The van der Waals surface area contributed by atoms with Crippen molar-refractivity contribution < 1.29 is 14.2 Å². The molecule has 0 amide bonds. The van der Waals surface area contributed by atoms with Gasteiger partial charge in [-0.1, -0.05) is 24.3 Å². The molecule has 4 nitrogen and oxygen atoms in total. The predicted octanol–water partition coefficient (Wildman–Crippen LogP) is 3.71. The number of benzene rings is 2. The lowest BCUT2D eigenvalue weighted by atomic mass is 10.0. The van der Waals surface area contributed by atoms with Gasteiger partial charge in [0.05, 0.1) is 14.2 Å². The van der Waals surface area contributed by atoms with Crippen molar-refractivity contribution in [2.75, 3.05) is 14.2 Å². The van der Waals surface area contributed by atoms with Crippen molar-refractivity contribution in [2.45, 2.75) is 39.0 Å². The Labute approximate surface area is 143 Å². The van der Waals surface area contributed by atoms with Crippen LogP contribution in [0.4, 0.5) is 0 Å². The number of hydrogen-bond donors (Lipinski definition) is 1. The summed E-state index contributed by atoms with van der Waals surface area (Å²) in [6.45, 7) is 5.77. The fraction of sp³-hybridized carbons (Fsp3) is 0.400. The highest BCUT2D eigenvalue weighted by molar-refractivity contribution is 5.46. The monoisotopic (exact) mass is 327 g/mol. The fourth-order valence-corrected chi connectivity index (χ4v) is 3.21. The standard InChI is InChI=1S/C20H25NO3/c1-20(2)11-16-10-14(8-9-17(16)24-20)12-21-13-15-6-5-7-18(22-3)19(15)23-4/h5-10,21H,11-13H2,1-4H3. The van der Waals surface area contributed by atoms with E-state index in [1.54, 1.807) is 14.2 Å². The molecule has 3 rings (SSSR count). The molecule has 0 aromatic heterocycles. The second-order valence-electron chi connectivity index (χ2n) is 6.74. The van der Waals surface area contributed by atoms with Gasteiger partial charge in [0, 0.05) is 25.1 Å². The highest BCUT2D eigenvalue weighted by Gasteiger charge is 2.29. The van der Waals surface area contributed by atoms with Crippen molar-refractivity contribution in [3.8, 4) is 17.2 Å². The van der Waals surface area contributed by atoms with Gasteiger partial charge in [0.15, 0.2) is 11.5 Å². The van der Waals surface area contributed by atoms with Crippen molar-refractivity contribution in [1.82, 2.24) is 5.32 Å². The molecule has 1 aliphatic heterocycles. The Kier molecular flexibility index (Phi) is 4.67. The molecule has 0 atom stereocenters. The van der Waals surface area contributed by atoms with Crippen LogP contribution >= 0.6 is 0 Å². The Hall–Kier alpha value is -2.20. The zero-order valence-corrected chi connectivity index (χ0v) is 14.8. The van der Waals surface area contributed by atoms with Crippen LogP contribution in [0.15, 0.2) is 36.4 Å². The number of methoxy groups -OCH3 is 2. The van der Waals surface area contributed by atoms with Gasteiger partial charge in [-0.15, -0.1) is 0 Å². The Bertz CT molecular complexity index is 725. The fourth-order valence-electron chi connectivity index (χ4n) is 3.21. The number of hydrogen-bond acceptors (Lipinski definition) is 4. The van der Waals surface area contributed by atoms with Crippen LogP contribution in [-0.2, 0) is 19.5 Å². The number of fused-ring (bicyclic) bond motifs is 1. The molecule has 0 spiro atoms. The molecule has 0 bridgehead atoms. The zero-order valence-electron chi connectivity index (χ0n) is 14.8. The summed E-state index contributed by atoms with van der Waals surface area (Å²) in [7, 11) is 3.33. The first-order valence-electron chi connectivity index (χ1n) is 8.24. The van der Waals surface area contributed by atoms with Crippen molar-refractivity contribution in [3.05, 3.63) is 53.1 Å². The minimum Gasteiger partial charge on any atom is -0.493 e. The van der Waals surface area contributed by atoms with Gasteiger partial charge in [0.2, 0.25) is 0 Å². The summed E-state index contributed by atoms with van der Waals surface area (Å²) < 4.78 is 16.7. The first kappa shape index (κ1) is 16.7. The van der Waals surface area contributed by atoms with Crippen molar-refractivity contribution in [2.24, 2.45) is 0 Å². The molecule has 128 valence electrons. The van der Waals surface area contributed by atoms with E-state index >= 15 is 0 Å². The summed E-state index contributed by atoms with van der Waals surface area (Å²) >= 11 is 0. The van der Waals surface area contributed by atoms with Gasteiger partial charge < -0.3 is 19.5 Å². The summed E-state index contributed by atoms with van der Waals surface area (Å²) in [6, 6.07) is 12.4. The molecule has 4 heteroatoms. The molecular formula is C20H25NO3. The van der Waals surface area contributed by atoms with Crippen LogP contribution < -0.4 is 19.5 Å². The highest BCUT2D eigenvalue weighted by atomic mass is 16.5. The molecule has 1 heterocycles. The van der Waals surface area contributed by atoms with Crippen LogP contribution in [0.3, 0.4) is 0 Å². The Morgan fingerprint density at radius 2 is 1.92 bits per heavy atom. The first-order chi connectivity index (χ1) is 11.5. The van der Waals surface area contributed by atoms with Gasteiger partial charge in [0.1, 0.15) is 11.4 Å². The maximum absolute atomic E-state index is 5.93. The largest absolute Gasteiger partial charge is 0.493 e. The maximum atomic E-state index is 5.93. The predicted molar refractivity (Wildman–Crippen MR) is 94.9 cm³/mol. The van der Waals surface area contributed by atoms with Gasteiger partial charge in [-0.3, -0.25) is 0 Å². The van der Waals surface area contributed by atoms with Crippen molar-refractivity contribution in [1.29, 1.82) is 0 Å². The summed E-state index contributed by atoms with van der Waals surface area (Å²) in [5.41, 5.74) is 3.54. The van der Waals surface area contributed by atoms with E-state index in [1.807, 2.05) is 18.2 Å². The lowest BCUT2D eigenvalue weighted by Crippen LogP contribution is -2.24. The highest BCUT2D eigenvalue weighted by Crippen LogP contribution is 2.35. The van der Waals surface area contributed by atoms with Gasteiger partial charge in [0.25, 0.3) is 0 Å². The minimum absolute atomic E-state index is 0.0949. The van der Waals surface area contributed by atoms with E-state index in [0.717, 1.165) is 42.3 Å². The Morgan fingerprint density at radius 3 is 2.67 bits per heavy atom. The molecule has 0 aliphatic carbocycles. The third kappa shape index (κ3) is 3.49. The third-order valence-corrected chi connectivity index (χ3v) is 4.26. The molecule has 0 fully saturated rings. The van der Waals surface area contributed by atoms with Crippen LogP contribution in [0.25, 0.3) is 0 Å². The number of nitrogens with one attached hydrogen (secondary N) is 1. The van der Waals surface area contributed by atoms with Crippen LogP contribution in [0, 0.1) is 0 Å². The molecule has 0 unspecified atom stereocenters. The van der Waals surface area contributed by atoms with E-state index in [4.69, 9.17) is 14.2 Å². The zero-order chi connectivity index (χ0) is 17.2. The lowest BCUT2D eigenvalue weighted by molar-refractivity contribution is 0.138. The summed E-state index contributed by atoms with van der Waals surface area (Å²) in [5.74, 6) is 2.56. The summed E-state index contributed by atoms with van der Waals surface area (Å²) in [6.07, 6.45) is 0.958. The normalized spacial score (nSPS) is 14.8. The van der Waals surface area contributed by atoms with E-state index in [-0.39, 0.29) is 5.60 Å².